The van der Waals surface area contributed by atoms with Gasteiger partial charge in [-0.05, 0) is 25.6 Å². The van der Waals surface area contributed by atoms with Crippen LogP contribution in [0.25, 0.3) is 17.0 Å². The summed E-state index contributed by atoms with van der Waals surface area (Å²) < 4.78 is 7.23. The molecule has 4 heterocycles. The van der Waals surface area contributed by atoms with Gasteiger partial charge in [-0.2, -0.15) is 0 Å². The Morgan fingerprint density at radius 3 is 2.24 bits per heavy atom. The van der Waals surface area contributed by atoms with Crippen molar-refractivity contribution >= 4 is 17.0 Å². The van der Waals surface area contributed by atoms with Crippen molar-refractivity contribution in [1.82, 2.24) is 29.7 Å². The largest absolute Gasteiger partial charge is 0.425 e. The van der Waals surface area contributed by atoms with Crippen molar-refractivity contribution in [2.45, 2.75) is 45.8 Å². The second kappa shape index (κ2) is 28.1. The maximum Gasteiger partial charge on any atom is 0.114 e. The van der Waals surface area contributed by atoms with Crippen LogP contribution in [-0.4, -0.2) is 37.6 Å². The zero-order valence-corrected chi connectivity index (χ0v) is 36.9. The molecule has 1 N–H and O–H groups in total. The van der Waals surface area contributed by atoms with E-state index < -0.39 is 0 Å². The van der Waals surface area contributed by atoms with E-state index >= 15 is 0 Å². The predicted molar refractivity (Wildman–Crippen MR) is 86.8 cm³/mol. The van der Waals surface area contributed by atoms with Crippen molar-refractivity contribution in [1.29, 1.82) is 0 Å². The zero-order chi connectivity index (χ0) is 16.5. The number of hydrogen-bond donors (Lipinski definition) is 1. The van der Waals surface area contributed by atoms with Crippen molar-refractivity contribution in [3.05, 3.63) is 23.8 Å². The summed E-state index contributed by atoms with van der Waals surface area (Å²) in [5, 5.41) is 7.37. The maximum atomic E-state index is 5.69. The molecule has 0 spiro atoms. The Morgan fingerprint density at radius 2 is 1.68 bits per heavy atom. The fraction of sp³-hybridized carbons (Fsp3) is 0.500. The number of rotatable bonds is 4. The number of nitrogens with zero attached hydrogens (tertiary/aromatic N) is 6. The number of hydrogen-bond acceptors (Lipinski definition) is 6. The summed E-state index contributed by atoms with van der Waals surface area (Å²) in [5.74, 6) is 0.968. The van der Waals surface area contributed by atoms with Crippen LogP contribution in [0.3, 0.4) is 0 Å². The first-order valence-corrected chi connectivity index (χ1v) is 8.19. The smallest absolute Gasteiger partial charge is 0.114 e. The average molecular weight is 948 g/mol. The quantitative estimate of drug-likeness (QED) is 0.398. The summed E-state index contributed by atoms with van der Waals surface area (Å²) in [4.78, 5) is 17.5. The van der Waals surface area contributed by atoms with E-state index in [4.69, 9.17) is 4.74 Å². The third-order valence-electron chi connectivity index (χ3n) is 4.21. The number of imidazole rings is 1. The van der Waals surface area contributed by atoms with Gasteiger partial charge < -0.3 is 39.8 Å². The molecule has 0 saturated carbocycles. The Bertz CT molecular complexity index is 886. The molecule has 3 aromatic rings. The number of pyridine rings is 1. The summed E-state index contributed by atoms with van der Waals surface area (Å²) >= 11 is 0. The van der Waals surface area contributed by atoms with Gasteiger partial charge in [0.05, 0.1) is 0 Å². The molecule has 10 radical (unpaired) electrons. The molecule has 1 fully saturated rings. The van der Waals surface area contributed by atoms with Gasteiger partial charge in [0.2, 0.25) is 0 Å². The number of nitrogens with one attached hydrogen (secondary N) is 1. The normalized spacial score (nSPS) is 12.8. The molecule has 0 amide bonds. The minimum absolute atomic E-state index is 0. The van der Waals surface area contributed by atoms with Gasteiger partial charge in [0.25, 0.3) is 0 Å². The van der Waals surface area contributed by atoms with E-state index in [9.17, 15) is 0 Å². The van der Waals surface area contributed by atoms with E-state index in [1.165, 1.54) is 0 Å². The molecule has 34 heavy (non-hydrogen) atoms. The van der Waals surface area contributed by atoms with Gasteiger partial charge in [0.1, 0.15) is 6.23 Å². The fourth-order valence-electron chi connectivity index (χ4n) is 2.95. The molecule has 3 aromatic heterocycles. The second-order valence-corrected chi connectivity index (χ2v) is 5.81. The number of aryl methyl sites for hydroxylation is 2. The van der Waals surface area contributed by atoms with Gasteiger partial charge in [0, 0.05) is 247 Å². The minimum Gasteiger partial charge on any atom is -0.425 e. The fourth-order valence-corrected chi connectivity index (χ4v) is 2.95. The second-order valence-electron chi connectivity index (χ2n) is 5.81. The monoisotopic (exact) mass is 947 g/mol. The molecule has 1 saturated heterocycles. The molecule has 18 heteroatoms. The molecule has 170 valence electrons. The Labute approximate surface area is 359 Å². The van der Waals surface area contributed by atoms with Crippen LogP contribution in [0.4, 0.5) is 5.95 Å². The molecule has 1 unspecified atom stereocenters. The van der Waals surface area contributed by atoms with Crippen LogP contribution in [0.5, 0.6) is 0 Å². The molecule has 0 bridgehead atoms. The van der Waals surface area contributed by atoms with Crippen LogP contribution in [0, 0.1) is 19.4 Å². The van der Waals surface area contributed by atoms with Gasteiger partial charge in [-0.15, -0.1) is 11.1 Å². The average Bonchev–Trinajstić information content (AvgIpc) is 3.22. The van der Waals surface area contributed by atoms with E-state index in [-0.39, 0.29) is 234 Å². The van der Waals surface area contributed by atoms with Gasteiger partial charge in [-0.1, -0.05) is 37.7 Å². The predicted octanol–water partition coefficient (Wildman–Crippen LogP) is 1.55. The van der Waals surface area contributed by atoms with Crippen molar-refractivity contribution < 1.29 is 233 Å². The SMILES string of the molecule is CCc1c(C)n[c-]c2nc(-n3n[c-]nc3NC3CCCCO3)[n-]c12.[V].[V].[V].[V].[V].[V].[V].[Y].[Y].[Y]. The molecular formula is C16H18N7OV7Y3-3. The topological polar surface area (TPSA) is 91.8 Å². The first-order valence-electron chi connectivity index (χ1n) is 8.19. The Balaban J connectivity index is -0.000000146. The number of fused-ring (bicyclic) bond motifs is 1. The van der Waals surface area contributed by atoms with Crippen LogP contribution >= 0.6 is 0 Å². The van der Waals surface area contributed by atoms with Crippen LogP contribution in [0.2, 0.25) is 0 Å². The Hall–Kier alpha value is 4.92. The number of anilines is 1. The standard InChI is InChI=1S/C16H18N7O.7V.3Y/c1-3-11-10(2)17-8-12-14(11)22-16(20-12)23-15(18-9-19-23)21-13-6-4-5-7-24-13;;;;;;;;;;/h13H,3-7H2,1-2H3,(H-,18,19,20,21,22);;;;;;;;;;/q-3;;;;;;;;;;. The summed E-state index contributed by atoms with van der Waals surface area (Å²) in [6.45, 7) is 4.79. The molecule has 0 aromatic carbocycles. The zero-order valence-electron chi connectivity index (χ0n) is 18.6. The molecule has 4 rings (SSSR count). The van der Waals surface area contributed by atoms with E-state index in [0.29, 0.717) is 17.4 Å². The van der Waals surface area contributed by atoms with Gasteiger partial charge >= 0.3 is 0 Å². The molecule has 0 aliphatic carbocycles. The Kier molecular flexibility index (Phi) is 45.3. The number of aromatic nitrogens is 6. The van der Waals surface area contributed by atoms with Crippen LogP contribution in [-0.2, 0) is 239 Å². The summed E-state index contributed by atoms with van der Waals surface area (Å²) in [6, 6.07) is 0. The first kappa shape index (κ1) is 54.9. The van der Waals surface area contributed by atoms with E-state index in [1.54, 1.807) is 4.68 Å². The molecule has 1 aliphatic heterocycles. The third kappa shape index (κ3) is 14.2. The summed E-state index contributed by atoms with van der Waals surface area (Å²) in [7, 11) is 0. The van der Waals surface area contributed by atoms with E-state index in [2.05, 4.69) is 49.8 Å². The van der Waals surface area contributed by atoms with Crippen LogP contribution < -0.4 is 10.3 Å². The Morgan fingerprint density at radius 1 is 1.03 bits per heavy atom. The van der Waals surface area contributed by atoms with Crippen molar-refractivity contribution in [2.24, 2.45) is 0 Å². The van der Waals surface area contributed by atoms with Crippen LogP contribution in [0.15, 0.2) is 0 Å². The van der Waals surface area contributed by atoms with Crippen molar-refractivity contribution in [3.63, 3.8) is 0 Å². The first-order chi connectivity index (χ1) is 11.8. The van der Waals surface area contributed by atoms with Gasteiger partial charge in [0.15, 0.2) is 0 Å². The molecular weight excluding hydrogens is 930 g/mol. The van der Waals surface area contributed by atoms with Crippen LogP contribution in [0.1, 0.15) is 37.4 Å². The minimum atomic E-state index is -0.0684. The van der Waals surface area contributed by atoms with E-state index in [1.807, 2.05) is 6.92 Å². The van der Waals surface area contributed by atoms with Gasteiger partial charge in [-0.25, -0.2) is 0 Å². The number of ether oxygens (including phenoxy) is 1. The molecule has 8 nitrogen and oxygen atoms in total. The van der Waals surface area contributed by atoms with Crippen molar-refractivity contribution in [3.8, 4) is 5.95 Å². The summed E-state index contributed by atoms with van der Waals surface area (Å²) in [6.07, 6.45) is 9.48. The van der Waals surface area contributed by atoms with Gasteiger partial charge in [-0.3, -0.25) is 0 Å². The molecule has 1 aliphatic rings. The van der Waals surface area contributed by atoms with Crippen molar-refractivity contribution in [2.75, 3.05) is 11.9 Å². The summed E-state index contributed by atoms with van der Waals surface area (Å²) in [5.41, 5.74) is 3.46. The molecule has 1 atom stereocenters. The maximum absolute atomic E-state index is 5.69. The third-order valence-corrected chi connectivity index (χ3v) is 4.21. The van der Waals surface area contributed by atoms with E-state index in [0.717, 1.165) is 49.1 Å².